The molecule has 1 amide bonds. The Kier molecular flexibility index (Phi) is 4.69. The Bertz CT molecular complexity index is 312. The van der Waals surface area contributed by atoms with Crippen molar-refractivity contribution in [3.05, 3.63) is 0 Å². The summed E-state index contributed by atoms with van der Waals surface area (Å²) >= 11 is 0. The van der Waals surface area contributed by atoms with Gasteiger partial charge in [0.25, 0.3) is 0 Å². The predicted molar refractivity (Wildman–Crippen MR) is 52.4 cm³/mol. The lowest BCUT2D eigenvalue weighted by molar-refractivity contribution is -0.150. The number of nitrogens with one attached hydrogen (secondary N) is 1. The number of amides is 1. The summed E-state index contributed by atoms with van der Waals surface area (Å²) in [7, 11) is 0. The van der Waals surface area contributed by atoms with E-state index in [1.54, 1.807) is 6.07 Å². The summed E-state index contributed by atoms with van der Waals surface area (Å²) in [6.45, 7) is 0.802. The molecule has 88 valence electrons. The molecule has 1 fully saturated rings. The van der Waals surface area contributed by atoms with E-state index in [0.717, 1.165) is 0 Å². The highest BCUT2D eigenvalue weighted by Gasteiger charge is 2.30. The van der Waals surface area contributed by atoms with Crippen LogP contribution in [0.1, 0.15) is 0 Å². The summed E-state index contributed by atoms with van der Waals surface area (Å²) in [5.74, 6) is -1.36. The van der Waals surface area contributed by atoms with Crippen LogP contribution in [-0.4, -0.2) is 60.8 Å². The molecular formula is C9H13N3O4. The highest BCUT2D eigenvalue weighted by molar-refractivity contribution is 5.80. The van der Waals surface area contributed by atoms with Gasteiger partial charge in [-0.25, -0.2) is 0 Å². The number of carboxylic acid groups (broad SMARTS) is 1. The minimum Gasteiger partial charge on any atom is -0.480 e. The number of nitrogens with zero attached hydrogens (tertiary/aromatic N) is 2. The van der Waals surface area contributed by atoms with Crippen molar-refractivity contribution in [3.8, 4) is 6.07 Å². The van der Waals surface area contributed by atoms with Crippen LogP contribution in [0, 0.1) is 11.3 Å². The minimum absolute atomic E-state index is 0.0258. The van der Waals surface area contributed by atoms with E-state index in [1.807, 2.05) is 0 Å². The molecule has 1 atom stereocenters. The van der Waals surface area contributed by atoms with Gasteiger partial charge in [-0.1, -0.05) is 0 Å². The summed E-state index contributed by atoms with van der Waals surface area (Å²) < 4.78 is 5.03. The van der Waals surface area contributed by atoms with E-state index >= 15 is 0 Å². The zero-order valence-electron chi connectivity index (χ0n) is 8.68. The number of carboxylic acids is 1. The lowest BCUT2D eigenvalue weighted by Crippen LogP contribution is -2.53. The van der Waals surface area contributed by atoms with Gasteiger partial charge in [0.05, 0.1) is 25.8 Å². The van der Waals surface area contributed by atoms with Gasteiger partial charge >= 0.3 is 5.97 Å². The molecular weight excluding hydrogens is 214 g/mol. The standard InChI is InChI=1S/C9H13N3O4/c10-1-2-11-8(13)5-12-3-4-16-6-7(12)9(14)15/h7H,2-6H2,(H,11,13)(H,14,15). The van der Waals surface area contributed by atoms with E-state index < -0.39 is 12.0 Å². The number of hydrogen-bond acceptors (Lipinski definition) is 5. The molecule has 0 aromatic heterocycles. The van der Waals surface area contributed by atoms with E-state index in [-0.39, 0.29) is 25.6 Å². The van der Waals surface area contributed by atoms with Gasteiger partial charge in [0.2, 0.25) is 5.91 Å². The summed E-state index contributed by atoms with van der Waals surface area (Å²) in [5.41, 5.74) is 0. The number of hydrogen-bond donors (Lipinski definition) is 2. The first kappa shape index (κ1) is 12.4. The van der Waals surface area contributed by atoms with Crippen LogP contribution in [0.15, 0.2) is 0 Å². The second-order valence-corrected chi connectivity index (χ2v) is 3.33. The molecule has 0 aromatic rings. The summed E-state index contributed by atoms with van der Waals surface area (Å²) in [4.78, 5) is 23.7. The Morgan fingerprint density at radius 1 is 1.62 bits per heavy atom. The molecule has 0 bridgehead atoms. The Hall–Kier alpha value is -1.65. The Labute approximate surface area is 92.6 Å². The van der Waals surface area contributed by atoms with Gasteiger partial charge < -0.3 is 15.2 Å². The van der Waals surface area contributed by atoms with E-state index in [4.69, 9.17) is 15.1 Å². The zero-order valence-corrected chi connectivity index (χ0v) is 8.68. The summed E-state index contributed by atoms with van der Waals surface area (Å²) in [6.07, 6.45) is 0. The van der Waals surface area contributed by atoms with Crippen molar-refractivity contribution in [1.82, 2.24) is 10.2 Å². The molecule has 1 heterocycles. The van der Waals surface area contributed by atoms with Crippen molar-refractivity contribution in [2.75, 3.05) is 32.8 Å². The Balaban J connectivity index is 2.47. The molecule has 1 aliphatic rings. The molecule has 1 aliphatic heterocycles. The maximum Gasteiger partial charge on any atom is 0.323 e. The SMILES string of the molecule is N#CCNC(=O)CN1CCOCC1C(=O)O. The van der Waals surface area contributed by atoms with Gasteiger partial charge in [-0.2, -0.15) is 5.26 Å². The van der Waals surface area contributed by atoms with Gasteiger partial charge in [0.15, 0.2) is 0 Å². The average Bonchev–Trinajstić information content (AvgIpc) is 2.27. The first-order chi connectivity index (χ1) is 7.65. The van der Waals surface area contributed by atoms with Crippen LogP contribution in [0.25, 0.3) is 0 Å². The monoisotopic (exact) mass is 227 g/mol. The fourth-order valence-corrected chi connectivity index (χ4v) is 1.43. The van der Waals surface area contributed by atoms with Crippen LogP contribution < -0.4 is 5.32 Å². The van der Waals surface area contributed by atoms with Crippen molar-refractivity contribution >= 4 is 11.9 Å². The molecule has 7 nitrogen and oxygen atoms in total. The fourth-order valence-electron chi connectivity index (χ4n) is 1.43. The van der Waals surface area contributed by atoms with Crippen LogP contribution in [0.4, 0.5) is 0 Å². The number of carbonyl (C=O) groups excluding carboxylic acids is 1. The topological polar surface area (TPSA) is 103 Å². The van der Waals surface area contributed by atoms with Gasteiger partial charge in [0, 0.05) is 6.54 Å². The number of rotatable bonds is 4. The fraction of sp³-hybridized carbons (Fsp3) is 0.667. The van der Waals surface area contributed by atoms with Crippen molar-refractivity contribution in [1.29, 1.82) is 5.26 Å². The predicted octanol–water partition coefficient (Wildman–Crippen LogP) is -1.59. The first-order valence-corrected chi connectivity index (χ1v) is 4.83. The largest absolute Gasteiger partial charge is 0.480 e. The highest BCUT2D eigenvalue weighted by Crippen LogP contribution is 2.06. The maximum absolute atomic E-state index is 11.3. The van der Waals surface area contributed by atoms with E-state index in [2.05, 4.69) is 5.32 Å². The Morgan fingerprint density at radius 3 is 3.00 bits per heavy atom. The third kappa shape index (κ3) is 3.49. The number of carbonyl (C=O) groups is 2. The molecule has 7 heteroatoms. The smallest absolute Gasteiger partial charge is 0.323 e. The molecule has 1 saturated heterocycles. The van der Waals surface area contributed by atoms with Gasteiger partial charge in [-0.05, 0) is 0 Å². The van der Waals surface area contributed by atoms with Crippen LogP contribution in [0.5, 0.6) is 0 Å². The lowest BCUT2D eigenvalue weighted by Gasteiger charge is -2.31. The molecule has 1 unspecified atom stereocenters. The Morgan fingerprint density at radius 2 is 2.38 bits per heavy atom. The zero-order chi connectivity index (χ0) is 12.0. The molecule has 2 N–H and O–H groups in total. The summed E-state index contributed by atoms with van der Waals surface area (Å²) in [5, 5.41) is 19.5. The molecule has 0 saturated carbocycles. The average molecular weight is 227 g/mol. The third-order valence-corrected chi connectivity index (χ3v) is 2.24. The number of aliphatic carboxylic acids is 1. The normalized spacial score (nSPS) is 21.1. The molecule has 0 spiro atoms. The minimum atomic E-state index is -1.01. The van der Waals surface area contributed by atoms with Gasteiger partial charge in [0.1, 0.15) is 12.6 Å². The summed E-state index contributed by atoms with van der Waals surface area (Å²) in [6, 6.07) is 0.988. The van der Waals surface area contributed by atoms with Crippen LogP contribution in [-0.2, 0) is 14.3 Å². The second-order valence-electron chi connectivity index (χ2n) is 3.33. The number of morpholine rings is 1. The van der Waals surface area contributed by atoms with E-state index in [1.165, 1.54) is 4.90 Å². The highest BCUT2D eigenvalue weighted by atomic mass is 16.5. The van der Waals surface area contributed by atoms with Crippen molar-refractivity contribution < 1.29 is 19.4 Å². The van der Waals surface area contributed by atoms with Crippen LogP contribution in [0.3, 0.4) is 0 Å². The molecule has 1 rings (SSSR count). The van der Waals surface area contributed by atoms with E-state index in [9.17, 15) is 9.59 Å². The number of nitriles is 1. The second kappa shape index (κ2) is 6.05. The van der Waals surface area contributed by atoms with Gasteiger partial charge in [-0.15, -0.1) is 0 Å². The molecule has 0 aliphatic carbocycles. The van der Waals surface area contributed by atoms with Gasteiger partial charge in [-0.3, -0.25) is 14.5 Å². The van der Waals surface area contributed by atoms with Crippen LogP contribution >= 0.6 is 0 Å². The first-order valence-electron chi connectivity index (χ1n) is 4.83. The van der Waals surface area contributed by atoms with Crippen molar-refractivity contribution in [2.45, 2.75) is 6.04 Å². The van der Waals surface area contributed by atoms with Crippen LogP contribution in [0.2, 0.25) is 0 Å². The maximum atomic E-state index is 11.3. The van der Waals surface area contributed by atoms with Crippen molar-refractivity contribution in [3.63, 3.8) is 0 Å². The molecule has 0 aromatic carbocycles. The van der Waals surface area contributed by atoms with Crippen molar-refractivity contribution in [2.24, 2.45) is 0 Å². The quantitative estimate of drug-likeness (QED) is 0.561. The molecule has 16 heavy (non-hydrogen) atoms. The lowest BCUT2D eigenvalue weighted by atomic mass is 10.2. The number of ether oxygens (including phenoxy) is 1. The third-order valence-electron chi connectivity index (χ3n) is 2.24. The molecule has 0 radical (unpaired) electrons. The van der Waals surface area contributed by atoms with E-state index in [0.29, 0.717) is 13.2 Å².